The van der Waals surface area contributed by atoms with Crippen molar-refractivity contribution in [3.8, 4) is 0 Å². The van der Waals surface area contributed by atoms with E-state index in [4.69, 9.17) is 0 Å². The van der Waals surface area contributed by atoms with E-state index in [0.29, 0.717) is 0 Å². The minimum absolute atomic E-state index is 0.250. The summed E-state index contributed by atoms with van der Waals surface area (Å²) in [5.74, 6) is 0. The van der Waals surface area contributed by atoms with Crippen LogP contribution < -0.4 is 4.72 Å². The van der Waals surface area contributed by atoms with E-state index in [-0.39, 0.29) is 6.54 Å². The smallest absolute Gasteiger partial charge is 0.216 e. The summed E-state index contributed by atoms with van der Waals surface area (Å²) in [6.07, 6.45) is 1.58. The zero-order valence-corrected chi connectivity index (χ0v) is 9.35. The molecule has 0 aliphatic rings. The molecular weight excluding hydrogens is 202 g/mol. The maximum absolute atomic E-state index is 11.6. The van der Waals surface area contributed by atoms with E-state index < -0.39 is 14.8 Å². The lowest BCUT2D eigenvalue weighted by atomic mass is 10.3. The normalized spacial score (nSPS) is 13.1. The third-order valence-corrected chi connectivity index (χ3v) is 3.95. The Kier molecular flexibility index (Phi) is 2.96. The molecule has 0 bridgehead atoms. The van der Waals surface area contributed by atoms with Gasteiger partial charge in [-0.15, -0.1) is 0 Å². The summed E-state index contributed by atoms with van der Waals surface area (Å²) in [4.78, 5) is 0. The van der Waals surface area contributed by atoms with Gasteiger partial charge in [-0.3, -0.25) is 5.10 Å². The SMILES string of the molecule is CC(C)(C)S(=O)(=O)NCc1ccn[nH]1. The number of nitrogens with zero attached hydrogens (tertiary/aromatic N) is 1. The lowest BCUT2D eigenvalue weighted by molar-refractivity contribution is 0.544. The molecule has 14 heavy (non-hydrogen) atoms. The molecule has 6 heteroatoms. The van der Waals surface area contributed by atoms with Crippen LogP contribution in [0.2, 0.25) is 0 Å². The van der Waals surface area contributed by atoms with Crippen molar-refractivity contribution < 1.29 is 8.42 Å². The molecule has 0 aliphatic heterocycles. The third kappa shape index (κ3) is 2.55. The summed E-state index contributed by atoms with van der Waals surface area (Å²) < 4.78 is 24.9. The first-order chi connectivity index (χ1) is 6.33. The molecule has 80 valence electrons. The van der Waals surface area contributed by atoms with Crippen LogP contribution in [0.4, 0.5) is 0 Å². The minimum atomic E-state index is -3.27. The van der Waals surface area contributed by atoms with Crippen LogP contribution >= 0.6 is 0 Å². The fourth-order valence-corrected chi connectivity index (χ4v) is 1.55. The number of aromatic nitrogens is 2. The van der Waals surface area contributed by atoms with Crippen LogP contribution in [0.5, 0.6) is 0 Å². The number of aromatic amines is 1. The van der Waals surface area contributed by atoms with Gasteiger partial charge in [0.2, 0.25) is 10.0 Å². The second-order valence-electron chi connectivity index (χ2n) is 4.02. The van der Waals surface area contributed by atoms with Crippen LogP contribution in [0, 0.1) is 0 Å². The summed E-state index contributed by atoms with van der Waals surface area (Å²) in [7, 11) is -3.27. The van der Waals surface area contributed by atoms with Crippen molar-refractivity contribution in [1.82, 2.24) is 14.9 Å². The fourth-order valence-electron chi connectivity index (χ4n) is 0.772. The van der Waals surface area contributed by atoms with Crippen molar-refractivity contribution in [2.45, 2.75) is 32.1 Å². The van der Waals surface area contributed by atoms with Crippen LogP contribution in [0.1, 0.15) is 26.5 Å². The molecule has 2 N–H and O–H groups in total. The number of nitrogens with one attached hydrogen (secondary N) is 2. The number of sulfonamides is 1. The van der Waals surface area contributed by atoms with E-state index in [1.54, 1.807) is 33.0 Å². The highest BCUT2D eigenvalue weighted by Gasteiger charge is 2.28. The number of H-pyrrole nitrogens is 1. The average molecular weight is 217 g/mol. The second-order valence-corrected chi connectivity index (χ2v) is 6.54. The molecule has 0 saturated carbocycles. The van der Waals surface area contributed by atoms with Gasteiger partial charge >= 0.3 is 0 Å². The summed E-state index contributed by atoms with van der Waals surface area (Å²) in [5.41, 5.74) is 0.748. The summed E-state index contributed by atoms with van der Waals surface area (Å²) in [6, 6.07) is 1.73. The lowest BCUT2D eigenvalue weighted by Crippen LogP contribution is -2.38. The standard InChI is InChI=1S/C8H15N3O2S/c1-8(2,3)14(12,13)10-6-7-4-5-9-11-7/h4-5,10H,6H2,1-3H3,(H,9,11). The fraction of sp³-hybridized carbons (Fsp3) is 0.625. The Bertz CT molecular complexity index is 375. The zero-order chi connectivity index (χ0) is 10.8. The second kappa shape index (κ2) is 3.70. The van der Waals surface area contributed by atoms with E-state index in [2.05, 4.69) is 14.9 Å². The van der Waals surface area contributed by atoms with Gasteiger partial charge in [-0.1, -0.05) is 0 Å². The molecule has 0 radical (unpaired) electrons. The summed E-state index contributed by atoms with van der Waals surface area (Å²) in [6.45, 7) is 5.21. The monoisotopic (exact) mass is 217 g/mol. The third-order valence-electron chi connectivity index (χ3n) is 1.82. The topological polar surface area (TPSA) is 74.8 Å². The molecule has 1 aromatic heterocycles. The molecule has 0 amide bonds. The van der Waals surface area contributed by atoms with Crippen molar-refractivity contribution in [1.29, 1.82) is 0 Å². The van der Waals surface area contributed by atoms with Gasteiger partial charge in [-0.2, -0.15) is 5.10 Å². The van der Waals surface area contributed by atoms with Gasteiger partial charge in [0.05, 0.1) is 17.0 Å². The Labute approximate surface area is 84.0 Å². The van der Waals surface area contributed by atoms with E-state index in [1.807, 2.05) is 0 Å². The van der Waals surface area contributed by atoms with Gasteiger partial charge in [0.1, 0.15) is 0 Å². The largest absolute Gasteiger partial charge is 0.281 e. The molecule has 1 rings (SSSR count). The molecule has 1 heterocycles. The summed E-state index contributed by atoms with van der Waals surface area (Å²) >= 11 is 0. The van der Waals surface area contributed by atoms with Crippen molar-refractivity contribution in [3.05, 3.63) is 18.0 Å². The van der Waals surface area contributed by atoms with Crippen molar-refractivity contribution >= 4 is 10.0 Å². The predicted molar refractivity (Wildman–Crippen MR) is 54.1 cm³/mol. The van der Waals surface area contributed by atoms with E-state index in [0.717, 1.165) is 5.69 Å². The molecule has 0 saturated heterocycles. The maximum Gasteiger partial charge on any atom is 0.216 e. The first-order valence-corrected chi connectivity index (χ1v) is 5.79. The number of rotatable bonds is 3. The number of hydrogen-bond donors (Lipinski definition) is 2. The van der Waals surface area contributed by atoms with Crippen molar-refractivity contribution in [2.24, 2.45) is 0 Å². The van der Waals surface area contributed by atoms with Crippen molar-refractivity contribution in [2.75, 3.05) is 0 Å². The van der Waals surface area contributed by atoms with Gasteiger partial charge in [0.15, 0.2) is 0 Å². The highest BCUT2D eigenvalue weighted by atomic mass is 32.2. The van der Waals surface area contributed by atoms with Crippen LogP contribution in [0.3, 0.4) is 0 Å². The lowest BCUT2D eigenvalue weighted by Gasteiger charge is -2.19. The van der Waals surface area contributed by atoms with E-state index in [9.17, 15) is 8.42 Å². The highest BCUT2D eigenvalue weighted by molar-refractivity contribution is 7.90. The first-order valence-electron chi connectivity index (χ1n) is 4.30. The van der Waals surface area contributed by atoms with Crippen molar-refractivity contribution in [3.63, 3.8) is 0 Å². The molecule has 0 fully saturated rings. The Hall–Kier alpha value is -0.880. The van der Waals surface area contributed by atoms with Crippen LogP contribution in [-0.2, 0) is 16.6 Å². The van der Waals surface area contributed by atoms with Gasteiger partial charge in [-0.05, 0) is 26.8 Å². The number of hydrogen-bond acceptors (Lipinski definition) is 3. The van der Waals surface area contributed by atoms with Gasteiger partial charge in [0.25, 0.3) is 0 Å². The Morgan fingerprint density at radius 3 is 2.57 bits per heavy atom. The minimum Gasteiger partial charge on any atom is -0.281 e. The predicted octanol–water partition coefficient (Wildman–Crippen LogP) is 0.628. The van der Waals surface area contributed by atoms with Crippen LogP contribution in [0.15, 0.2) is 12.3 Å². The first kappa shape index (κ1) is 11.2. The van der Waals surface area contributed by atoms with Gasteiger partial charge in [0, 0.05) is 6.20 Å². The Morgan fingerprint density at radius 1 is 1.50 bits per heavy atom. The Morgan fingerprint density at radius 2 is 2.14 bits per heavy atom. The molecule has 0 aromatic carbocycles. The van der Waals surface area contributed by atoms with E-state index >= 15 is 0 Å². The summed E-state index contributed by atoms with van der Waals surface area (Å²) in [5, 5.41) is 6.41. The maximum atomic E-state index is 11.6. The zero-order valence-electron chi connectivity index (χ0n) is 8.53. The quantitative estimate of drug-likeness (QED) is 0.779. The van der Waals surface area contributed by atoms with Crippen LogP contribution in [0.25, 0.3) is 0 Å². The van der Waals surface area contributed by atoms with Gasteiger partial charge < -0.3 is 0 Å². The molecule has 0 spiro atoms. The molecular formula is C8H15N3O2S. The molecule has 1 aromatic rings. The van der Waals surface area contributed by atoms with Crippen LogP contribution in [-0.4, -0.2) is 23.4 Å². The molecule has 0 aliphatic carbocycles. The Balaban J connectivity index is 2.63. The molecule has 0 unspecified atom stereocenters. The molecule has 0 atom stereocenters. The molecule has 5 nitrogen and oxygen atoms in total. The van der Waals surface area contributed by atoms with E-state index in [1.165, 1.54) is 0 Å². The van der Waals surface area contributed by atoms with Gasteiger partial charge in [-0.25, -0.2) is 13.1 Å². The average Bonchev–Trinajstić information content (AvgIpc) is 2.50. The highest BCUT2D eigenvalue weighted by Crippen LogP contribution is 2.13.